The van der Waals surface area contributed by atoms with Crippen molar-refractivity contribution in [1.82, 2.24) is 4.90 Å². The number of nitrogens with zero attached hydrogens (tertiary/aromatic N) is 1. The number of rotatable bonds is 2. The summed E-state index contributed by atoms with van der Waals surface area (Å²) in [6.45, 7) is 0.266. The Labute approximate surface area is 82.9 Å². The molecule has 1 amide bonds. The molecule has 4 heteroatoms. The van der Waals surface area contributed by atoms with Crippen LogP contribution >= 0.6 is 0 Å². The number of carbonyl (C=O) groups is 1. The number of phenolic OH excluding ortho intramolecular Hbond substituents is 1. The Kier molecular flexibility index (Phi) is 3.09. The number of hydrogen-bond acceptors (Lipinski definition) is 3. The zero-order valence-corrected chi connectivity index (χ0v) is 8.32. The molecule has 1 aromatic carbocycles. The van der Waals surface area contributed by atoms with Gasteiger partial charge in [0.1, 0.15) is 5.75 Å². The normalized spacial score (nSPS) is 9.93. The molecule has 0 unspecified atom stereocenters. The van der Waals surface area contributed by atoms with Crippen LogP contribution in [0.25, 0.3) is 0 Å². The molecule has 14 heavy (non-hydrogen) atoms. The van der Waals surface area contributed by atoms with Gasteiger partial charge in [-0.25, -0.2) is 0 Å². The van der Waals surface area contributed by atoms with Gasteiger partial charge in [0.15, 0.2) is 0 Å². The van der Waals surface area contributed by atoms with Crippen molar-refractivity contribution in [1.29, 1.82) is 0 Å². The van der Waals surface area contributed by atoms with E-state index in [1.165, 1.54) is 11.0 Å². The van der Waals surface area contributed by atoms with Gasteiger partial charge in [0.05, 0.1) is 0 Å². The van der Waals surface area contributed by atoms with Crippen LogP contribution in [0, 0.1) is 0 Å². The van der Waals surface area contributed by atoms with Crippen molar-refractivity contribution in [2.45, 2.75) is 6.54 Å². The summed E-state index contributed by atoms with van der Waals surface area (Å²) in [6.07, 6.45) is 0. The zero-order chi connectivity index (χ0) is 10.7. The molecule has 0 saturated heterocycles. The third-order valence-corrected chi connectivity index (χ3v) is 1.96. The molecule has 1 rings (SSSR count). The summed E-state index contributed by atoms with van der Waals surface area (Å²) in [7, 11) is 3.33. The quantitative estimate of drug-likeness (QED) is 0.722. The summed E-state index contributed by atoms with van der Waals surface area (Å²) < 4.78 is 0. The molecular formula is C10H14N2O2. The first-order valence-corrected chi connectivity index (χ1v) is 4.30. The van der Waals surface area contributed by atoms with E-state index in [-0.39, 0.29) is 18.2 Å². The average molecular weight is 194 g/mol. The van der Waals surface area contributed by atoms with Crippen LogP contribution in [0.1, 0.15) is 15.9 Å². The molecule has 0 bridgehead atoms. The fraction of sp³-hybridized carbons (Fsp3) is 0.300. The van der Waals surface area contributed by atoms with Crippen LogP contribution in [0.5, 0.6) is 5.75 Å². The van der Waals surface area contributed by atoms with Crippen molar-refractivity contribution >= 4 is 5.91 Å². The van der Waals surface area contributed by atoms with Crippen molar-refractivity contribution in [3.63, 3.8) is 0 Å². The van der Waals surface area contributed by atoms with Crippen LogP contribution in [0.2, 0.25) is 0 Å². The minimum Gasteiger partial charge on any atom is -0.508 e. The van der Waals surface area contributed by atoms with Gasteiger partial charge >= 0.3 is 0 Å². The van der Waals surface area contributed by atoms with E-state index in [1.807, 2.05) is 0 Å². The van der Waals surface area contributed by atoms with Crippen LogP contribution in [-0.2, 0) is 6.54 Å². The Hall–Kier alpha value is -1.55. The van der Waals surface area contributed by atoms with E-state index < -0.39 is 0 Å². The molecular weight excluding hydrogens is 180 g/mol. The maximum Gasteiger partial charge on any atom is 0.253 e. The molecule has 76 valence electrons. The molecule has 0 fully saturated rings. The minimum atomic E-state index is -0.135. The number of carbonyl (C=O) groups excluding carboxylic acids is 1. The Morgan fingerprint density at radius 3 is 2.57 bits per heavy atom. The molecule has 0 aliphatic heterocycles. The van der Waals surface area contributed by atoms with Crippen molar-refractivity contribution in [3.8, 4) is 5.75 Å². The second kappa shape index (κ2) is 4.11. The fourth-order valence-electron chi connectivity index (χ4n) is 1.13. The van der Waals surface area contributed by atoms with Crippen LogP contribution in [0.3, 0.4) is 0 Å². The van der Waals surface area contributed by atoms with Gasteiger partial charge in [-0.3, -0.25) is 4.79 Å². The second-order valence-corrected chi connectivity index (χ2v) is 3.25. The molecule has 0 aliphatic rings. The molecule has 0 heterocycles. The third kappa shape index (κ3) is 2.03. The molecule has 0 aliphatic carbocycles. The van der Waals surface area contributed by atoms with Crippen molar-refractivity contribution in [2.24, 2.45) is 5.73 Å². The first-order valence-electron chi connectivity index (χ1n) is 4.30. The van der Waals surface area contributed by atoms with Crippen LogP contribution < -0.4 is 5.73 Å². The lowest BCUT2D eigenvalue weighted by atomic mass is 10.1. The fourth-order valence-corrected chi connectivity index (χ4v) is 1.13. The second-order valence-electron chi connectivity index (χ2n) is 3.25. The van der Waals surface area contributed by atoms with Gasteiger partial charge in [0, 0.05) is 31.8 Å². The molecule has 0 saturated carbocycles. The smallest absolute Gasteiger partial charge is 0.253 e. The van der Waals surface area contributed by atoms with E-state index >= 15 is 0 Å². The van der Waals surface area contributed by atoms with Gasteiger partial charge in [-0.2, -0.15) is 0 Å². The minimum absolute atomic E-state index is 0.0696. The molecule has 1 aromatic rings. The molecule has 3 N–H and O–H groups in total. The van der Waals surface area contributed by atoms with E-state index in [2.05, 4.69) is 0 Å². The topological polar surface area (TPSA) is 66.6 Å². The molecule has 4 nitrogen and oxygen atoms in total. The van der Waals surface area contributed by atoms with Gasteiger partial charge < -0.3 is 15.7 Å². The number of benzene rings is 1. The highest BCUT2D eigenvalue weighted by Gasteiger charge is 2.09. The third-order valence-electron chi connectivity index (χ3n) is 1.96. The Morgan fingerprint density at radius 1 is 1.50 bits per heavy atom. The molecule has 0 atom stereocenters. The van der Waals surface area contributed by atoms with E-state index in [0.717, 1.165) is 0 Å². The van der Waals surface area contributed by atoms with Gasteiger partial charge in [-0.1, -0.05) is 6.07 Å². The summed E-state index contributed by atoms with van der Waals surface area (Å²) in [5.41, 5.74) is 6.48. The Bertz CT molecular complexity index is 348. The summed E-state index contributed by atoms with van der Waals surface area (Å²) in [6, 6.07) is 4.75. The monoisotopic (exact) mass is 194 g/mol. The van der Waals surface area contributed by atoms with Gasteiger partial charge in [0.25, 0.3) is 5.91 Å². The lowest BCUT2D eigenvalue weighted by Gasteiger charge is -2.11. The largest absolute Gasteiger partial charge is 0.508 e. The molecule has 0 spiro atoms. The highest BCUT2D eigenvalue weighted by Crippen LogP contribution is 2.18. The lowest BCUT2D eigenvalue weighted by molar-refractivity contribution is 0.0827. The van der Waals surface area contributed by atoms with E-state index in [4.69, 9.17) is 5.73 Å². The summed E-state index contributed by atoms with van der Waals surface area (Å²) in [5, 5.41) is 9.47. The predicted octanol–water partition coefficient (Wildman–Crippen LogP) is 0.553. The van der Waals surface area contributed by atoms with Crippen molar-refractivity contribution in [3.05, 3.63) is 29.3 Å². The van der Waals surface area contributed by atoms with Gasteiger partial charge in [0.2, 0.25) is 0 Å². The first kappa shape index (κ1) is 10.5. The lowest BCUT2D eigenvalue weighted by Crippen LogP contribution is -2.21. The van der Waals surface area contributed by atoms with E-state index in [1.54, 1.807) is 26.2 Å². The van der Waals surface area contributed by atoms with E-state index in [0.29, 0.717) is 11.1 Å². The summed E-state index contributed by atoms with van der Waals surface area (Å²) in [4.78, 5) is 12.9. The van der Waals surface area contributed by atoms with Crippen LogP contribution in [0.15, 0.2) is 18.2 Å². The molecule has 0 radical (unpaired) electrons. The predicted molar refractivity (Wildman–Crippen MR) is 54.0 cm³/mol. The Balaban J connectivity index is 3.03. The van der Waals surface area contributed by atoms with Crippen LogP contribution in [0.4, 0.5) is 0 Å². The number of phenols is 1. The highest BCUT2D eigenvalue weighted by molar-refractivity contribution is 5.94. The van der Waals surface area contributed by atoms with Gasteiger partial charge in [-0.15, -0.1) is 0 Å². The molecule has 0 aromatic heterocycles. The number of nitrogens with two attached hydrogens (primary N) is 1. The maximum absolute atomic E-state index is 11.5. The maximum atomic E-state index is 11.5. The van der Waals surface area contributed by atoms with Crippen molar-refractivity contribution < 1.29 is 9.90 Å². The average Bonchev–Trinajstić information content (AvgIpc) is 2.16. The number of hydrogen-bond donors (Lipinski definition) is 2. The number of amides is 1. The highest BCUT2D eigenvalue weighted by atomic mass is 16.3. The first-order chi connectivity index (χ1) is 6.56. The summed E-state index contributed by atoms with van der Waals surface area (Å²) in [5.74, 6) is -0.0657. The number of aromatic hydroxyl groups is 1. The Morgan fingerprint density at radius 2 is 2.14 bits per heavy atom. The van der Waals surface area contributed by atoms with E-state index in [9.17, 15) is 9.90 Å². The zero-order valence-electron chi connectivity index (χ0n) is 8.32. The van der Waals surface area contributed by atoms with Crippen molar-refractivity contribution in [2.75, 3.05) is 14.1 Å². The van der Waals surface area contributed by atoms with Gasteiger partial charge in [-0.05, 0) is 12.1 Å². The standard InChI is InChI=1S/C10H14N2O2/c1-12(2)10(14)7-3-4-8(6-11)9(13)5-7/h3-5,13H,6,11H2,1-2H3. The summed E-state index contributed by atoms with van der Waals surface area (Å²) >= 11 is 0. The SMILES string of the molecule is CN(C)C(=O)c1ccc(CN)c(O)c1. The van der Waals surface area contributed by atoms with Crippen LogP contribution in [-0.4, -0.2) is 30.0 Å².